The topological polar surface area (TPSA) is 44.8 Å². The van der Waals surface area contributed by atoms with Gasteiger partial charge < -0.3 is 15.0 Å². The number of rotatable bonds is 6. The van der Waals surface area contributed by atoms with Gasteiger partial charge in [0.1, 0.15) is 0 Å². The first-order valence-electron chi connectivity index (χ1n) is 9.12. The highest BCUT2D eigenvalue weighted by Crippen LogP contribution is 2.22. The Morgan fingerprint density at radius 2 is 2.17 bits per heavy atom. The minimum absolute atomic E-state index is 0.0214. The molecular weight excluding hydrogens is 302 g/mol. The Morgan fingerprint density at radius 1 is 1.38 bits per heavy atom. The number of fused-ring (bicyclic) bond motifs is 1. The Morgan fingerprint density at radius 3 is 2.92 bits per heavy atom. The summed E-state index contributed by atoms with van der Waals surface area (Å²) in [7, 11) is 2.07. The van der Waals surface area contributed by atoms with Gasteiger partial charge in [-0.25, -0.2) is 0 Å². The molecule has 5 nitrogen and oxygen atoms in total. The van der Waals surface area contributed by atoms with Crippen molar-refractivity contribution in [2.24, 2.45) is 0 Å². The van der Waals surface area contributed by atoms with Gasteiger partial charge in [0, 0.05) is 44.0 Å². The summed E-state index contributed by atoms with van der Waals surface area (Å²) in [5.41, 5.74) is 1.85. The maximum absolute atomic E-state index is 12.3. The lowest BCUT2D eigenvalue weighted by atomic mass is 10.1. The molecule has 2 fully saturated rings. The van der Waals surface area contributed by atoms with Crippen molar-refractivity contribution in [1.29, 1.82) is 0 Å². The van der Waals surface area contributed by atoms with Crippen LogP contribution in [0.1, 0.15) is 36.5 Å². The molecule has 2 aliphatic rings. The first-order valence-corrected chi connectivity index (χ1v) is 9.12. The normalized spacial score (nSPS) is 23.8. The lowest BCUT2D eigenvalue weighted by Crippen LogP contribution is -2.50. The molecule has 3 rings (SSSR count). The zero-order valence-electron chi connectivity index (χ0n) is 14.8. The van der Waals surface area contributed by atoms with Crippen LogP contribution in [0.4, 0.5) is 5.69 Å². The molecule has 2 unspecified atom stereocenters. The van der Waals surface area contributed by atoms with Gasteiger partial charge in [-0.15, -0.1) is 0 Å². The van der Waals surface area contributed by atoms with Crippen molar-refractivity contribution in [3.05, 3.63) is 29.8 Å². The van der Waals surface area contributed by atoms with Gasteiger partial charge in [-0.05, 0) is 50.1 Å². The zero-order valence-corrected chi connectivity index (χ0v) is 14.8. The highest BCUT2D eigenvalue weighted by atomic mass is 16.5. The second-order valence-corrected chi connectivity index (χ2v) is 6.92. The van der Waals surface area contributed by atoms with Gasteiger partial charge in [0.15, 0.2) is 0 Å². The van der Waals surface area contributed by atoms with Crippen molar-refractivity contribution in [3.8, 4) is 0 Å². The lowest BCUT2D eigenvalue weighted by Gasteiger charge is -2.35. The molecule has 0 saturated carbocycles. The number of amides is 1. The summed E-state index contributed by atoms with van der Waals surface area (Å²) in [4.78, 5) is 17.0. The Balaban J connectivity index is 1.48. The predicted molar refractivity (Wildman–Crippen MR) is 96.7 cm³/mol. The SMILES string of the molecule is CCCN(C)c1ccc(C(=O)NCC2CN3CCCC3CO2)cc1. The minimum atomic E-state index is -0.0214. The van der Waals surface area contributed by atoms with Gasteiger partial charge in [-0.3, -0.25) is 9.69 Å². The van der Waals surface area contributed by atoms with Crippen molar-refractivity contribution in [1.82, 2.24) is 10.2 Å². The van der Waals surface area contributed by atoms with Crippen LogP contribution in [0.2, 0.25) is 0 Å². The summed E-state index contributed by atoms with van der Waals surface area (Å²) in [6.07, 6.45) is 3.74. The van der Waals surface area contributed by atoms with E-state index in [1.165, 1.54) is 19.4 Å². The van der Waals surface area contributed by atoms with Crippen LogP contribution in [0.5, 0.6) is 0 Å². The number of hydrogen-bond donors (Lipinski definition) is 1. The van der Waals surface area contributed by atoms with Crippen LogP contribution in [-0.4, -0.2) is 62.8 Å². The van der Waals surface area contributed by atoms with Gasteiger partial charge in [0.25, 0.3) is 5.91 Å². The average Bonchev–Trinajstić information content (AvgIpc) is 3.07. The zero-order chi connectivity index (χ0) is 16.9. The van der Waals surface area contributed by atoms with Gasteiger partial charge in [-0.1, -0.05) is 6.92 Å². The molecule has 2 atom stereocenters. The number of benzene rings is 1. The molecule has 2 heterocycles. The first kappa shape index (κ1) is 17.2. The van der Waals surface area contributed by atoms with Crippen LogP contribution in [-0.2, 0) is 4.74 Å². The molecule has 5 heteroatoms. The van der Waals surface area contributed by atoms with Gasteiger partial charge in [0.05, 0.1) is 12.7 Å². The van der Waals surface area contributed by atoms with Gasteiger partial charge in [0.2, 0.25) is 0 Å². The summed E-state index contributed by atoms with van der Waals surface area (Å²) in [5.74, 6) is -0.0214. The number of carbonyl (C=O) groups excluding carboxylic acids is 1. The number of carbonyl (C=O) groups is 1. The second kappa shape index (κ2) is 7.99. The minimum Gasteiger partial charge on any atom is -0.375 e. The van der Waals surface area contributed by atoms with Gasteiger partial charge >= 0.3 is 0 Å². The third-order valence-corrected chi connectivity index (χ3v) is 5.08. The average molecular weight is 331 g/mol. The van der Waals surface area contributed by atoms with Crippen LogP contribution in [0, 0.1) is 0 Å². The molecule has 0 aliphatic carbocycles. The monoisotopic (exact) mass is 331 g/mol. The quantitative estimate of drug-likeness (QED) is 0.867. The maximum atomic E-state index is 12.3. The number of nitrogens with zero attached hydrogens (tertiary/aromatic N) is 2. The summed E-state index contributed by atoms with van der Waals surface area (Å²) >= 11 is 0. The molecule has 0 spiro atoms. The fourth-order valence-corrected chi connectivity index (χ4v) is 3.65. The first-order chi connectivity index (χ1) is 11.7. The number of nitrogens with one attached hydrogen (secondary N) is 1. The third-order valence-electron chi connectivity index (χ3n) is 5.08. The van der Waals surface area contributed by atoms with E-state index in [4.69, 9.17) is 4.74 Å². The van der Waals surface area contributed by atoms with E-state index >= 15 is 0 Å². The summed E-state index contributed by atoms with van der Waals surface area (Å²) in [6, 6.07) is 8.42. The second-order valence-electron chi connectivity index (χ2n) is 6.92. The number of hydrogen-bond acceptors (Lipinski definition) is 4. The molecule has 1 N–H and O–H groups in total. The number of ether oxygens (including phenoxy) is 1. The summed E-state index contributed by atoms with van der Waals surface area (Å²) in [6.45, 7) is 6.67. The fraction of sp³-hybridized carbons (Fsp3) is 0.632. The van der Waals surface area contributed by atoms with Gasteiger partial charge in [-0.2, -0.15) is 0 Å². The van der Waals surface area contributed by atoms with E-state index in [0.717, 1.165) is 31.8 Å². The number of morpholine rings is 1. The van der Waals surface area contributed by atoms with E-state index in [-0.39, 0.29) is 12.0 Å². The molecule has 1 aromatic carbocycles. The van der Waals surface area contributed by atoms with E-state index in [1.54, 1.807) is 0 Å². The van der Waals surface area contributed by atoms with Crippen molar-refractivity contribution in [3.63, 3.8) is 0 Å². The molecule has 0 radical (unpaired) electrons. The largest absolute Gasteiger partial charge is 0.375 e. The van der Waals surface area contributed by atoms with E-state index in [2.05, 4.69) is 29.1 Å². The highest BCUT2D eigenvalue weighted by molar-refractivity contribution is 5.94. The maximum Gasteiger partial charge on any atom is 0.251 e. The molecular formula is C19H29N3O2. The third kappa shape index (κ3) is 4.08. The Labute approximate surface area is 145 Å². The lowest BCUT2D eigenvalue weighted by molar-refractivity contribution is -0.0461. The van der Waals surface area contributed by atoms with Crippen molar-refractivity contribution < 1.29 is 9.53 Å². The molecule has 2 saturated heterocycles. The smallest absolute Gasteiger partial charge is 0.251 e. The van der Waals surface area contributed by atoms with Crippen LogP contribution < -0.4 is 10.2 Å². The summed E-state index contributed by atoms with van der Waals surface area (Å²) < 4.78 is 5.89. The van der Waals surface area contributed by atoms with Crippen LogP contribution in [0.3, 0.4) is 0 Å². The fourth-order valence-electron chi connectivity index (χ4n) is 3.65. The van der Waals surface area contributed by atoms with Crippen molar-refractivity contribution >= 4 is 11.6 Å². The van der Waals surface area contributed by atoms with Crippen LogP contribution >= 0.6 is 0 Å². The highest BCUT2D eigenvalue weighted by Gasteiger charge is 2.32. The molecule has 0 aromatic heterocycles. The molecule has 1 amide bonds. The Bertz CT molecular complexity index is 546. The van der Waals surface area contributed by atoms with Crippen molar-refractivity contribution in [2.75, 3.05) is 44.7 Å². The van der Waals surface area contributed by atoms with E-state index in [1.807, 2.05) is 24.3 Å². The standard InChI is InChI=1S/C19H29N3O2/c1-3-10-21(2)16-8-6-15(7-9-16)19(23)20-12-18-13-22-11-4-5-17(22)14-24-18/h6-9,17-18H,3-5,10-14H2,1-2H3,(H,20,23). The molecule has 2 aliphatic heterocycles. The summed E-state index contributed by atoms with van der Waals surface area (Å²) in [5, 5.41) is 3.02. The molecule has 132 valence electrons. The van der Waals surface area contributed by atoms with Crippen LogP contribution in [0.25, 0.3) is 0 Å². The molecule has 0 bridgehead atoms. The van der Waals surface area contributed by atoms with Crippen LogP contribution in [0.15, 0.2) is 24.3 Å². The Kier molecular flexibility index (Phi) is 5.74. The van der Waals surface area contributed by atoms with Crippen molar-refractivity contribution in [2.45, 2.75) is 38.3 Å². The Hall–Kier alpha value is -1.59. The van der Waals surface area contributed by atoms with E-state index < -0.39 is 0 Å². The van der Waals surface area contributed by atoms with E-state index in [0.29, 0.717) is 18.2 Å². The molecule has 24 heavy (non-hydrogen) atoms. The van der Waals surface area contributed by atoms with E-state index in [9.17, 15) is 4.79 Å². The predicted octanol–water partition coefficient (Wildman–Crippen LogP) is 2.13. The molecule has 1 aromatic rings. The number of anilines is 1.